The molecule has 2 N–H and O–H groups in total. The summed E-state index contributed by atoms with van der Waals surface area (Å²) in [5, 5.41) is 11.6. The molecular formula is C12H15ClN2O5. The lowest BCUT2D eigenvalue weighted by atomic mass is 10.2. The molecule has 1 aromatic rings. The van der Waals surface area contributed by atoms with Crippen LogP contribution in [0.2, 0.25) is 5.02 Å². The largest absolute Gasteiger partial charge is 0.480 e. The molecule has 110 valence electrons. The van der Waals surface area contributed by atoms with Crippen LogP contribution >= 0.6 is 11.6 Å². The number of esters is 1. The van der Waals surface area contributed by atoms with Gasteiger partial charge in [-0.3, -0.25) is 9.59 Å². The first kappa shape index (κ1) is 16.0. The number of halogens is 1. The van der Waals surface area contributed by atoms with Crippen molar-refractivity contribution in [2.45, 2.75) is 25.9 Å². The molecule has 0 radical (unpaired) electrons. The number of methoxy groups -OCH3 is 1. The van der Waals surface area contributed by atoms with Gasteiger partial charge in [-0.15, -0.1) is 0 Å². The second kappa shape index (κ2) is 6.95. The highest BCUT2D eigenvalue weighted by atomic mass is 35.5. The Morgan fingerprint density at radius 3 is 2.65 bits per heavy atom. The summed E-state index contributed by atoms with van der Waals surface area (Å²) >= 11 is 5.80. The van der Waals surface area contributed by atoms with E-state index in [1.165, 1.54) is 6.07 Å². The minimum Gasteiger partial charge on any atom is -0.480 e. The molecule has 1 atom stereocenters. The van der Waals surface area contributed by atoms with Gasteiger partial charge in [-0.05, 0) is 13.0 Å². The zero-order valence-corrected chi connectivity index (χ0v) is 11.8. The Bertz CT molecular complexity index is 526. The Balaban J connectivity index is 2.85. The summed E-state index contributed by atoms with van der Waals surface area (Å²) < 4.78 is 5.97. The van der Waals surface area contributed by atoms with E-state index in [4.69, 9.17) is 16.7 Å². The number of carboxylic acids is 1. The Morgan fingerprint density at radius 1 is 1.50 bits per heavy atom. The molecule has 7 nitrogen and oxygen atoms in total. The van der Waals surface area contributed by atoms with Crippen molar-refractivity contribution in [3.8, 4) is 0 Å². The normalized spacial score (nSPS) is 11.8. The topological polar surface area (TPSA) is 97.6 Å². The Labute approximate surface area is 120 Å². The molecule has 0 bridgehead atoms. The van der Waals surface area contributed by atoms with Crippen molar-refractivity contribution >= 4 is 29.4 Å². The number of ether oxygens (including phenoxy) is 1. The second-order valence-electron chi connectivity index (χ2n) is 3.97. The molecule has 0 aliphatic carbocycles. The molecule has 8 heteroatoms. The van der Waals surface area contributed by atoms with E-state index < -0.39 is 30.3 Å². The molecule has 0 saturated carbocycles. The van der Waals surface area contributed by atoms with Gasteiger partial charge in [0.2, 0.25) is 0 Å². The maximum absolute atomic E-state index is 12.0. The quantitative estimate of drug-likeness (QED) is 0.761. The minimum atomic E-state index is -1.35. The van der Waals surface area contributed by atoms with E-state index in [1.54, 1.807) is 10.8 Å². The van der Waals surface area contributed by atoms with Crippen molar-refractivity contribution in [2.24, 2.45) is 0 Å². The van der Waals surface area contributed by atoms with Crippen LogP contribution in [0.4, 0.5) is 0 Å². The highest BCUT2D eigenvalue weighted by Gasteiger charge is 2.25. The van der Waals surface area contributed by atoms with Crippen molar-refractivity contribution in [1.82, 2.24) is 9.88 Å². The third kappa shape index (κ3) is 3.99. The van der Waals surface area contributed by atoms with Gasteiger partial charge >= 0.3 is 11.9 Å². The van der Waals surface area contributed by atoms with Gasteiger partial charge in [0.15, 0.2) is 0 Å². The van der Waals surface area contributed by atoms with Crippen LogP contribution in [0, 0.1) is 0 Å². The lowest BCUT2D eigenvalue weighted by Crippen LogP contribution is -2.43. The number of aromatic nitrogens is 1. The first-order valence-corrected chi connectivity index (χ1v) is 6.23. The second-order valence-corrected chi connectivity index (χ2v) is 4.41. The number of aryl methyl sites for hydroxylation is 1. The molecule has 0 unspecified atom stereocenters. The van der Waals surface area contributed by atoms with Crippen LogP contribution in [0.15, 0.2) is 12.3 Å². The lowest BCUT2D eigenvalue weighted by molar-refractivity contribution is -0.147. The van der Waals surface area contributed by atoms with Crippen molar-refractivity contribution in [1.29, 1.82) is 0 Å². The number of hydrogen-bond acceptors (Lipinski definition) is 4. The van der Waals surface area contributed by atoms with E-state index >= 15 is 0 Å². The number of carbonyl (C=O) groups excluding carboxylic acids is 2. The fraction of sp³-hybridized carbons (Fsp3) is 0.417. The molecule has 0 fully saturated rings. The van der Waals surface area contributed by atoms with Gasteiger partial charge in [0.05, 0.1) is 18.6 Å². The van der Waals surface area contributed by atoms with E-state index in [0.29, 0.717) is 11.6 Å². The molecule has 1 rings (SSSR count). The molecule has 0 aliphatic rings. The van der Waals surface area contributed by atoms with Crippen molar-refractivity contribution in [2.75, 3.05) is 7.11 Å². The number of rotatable bonds is 6. The third-order valence-electron chi connectivity index (χ3n) is 2.64. The molecule has 1 aromatic heterocycles. The summed E-state index contributed by atoms with van der Waals surface area (Å²) in [7, 11) is 1.14. The van der Waals surface area contributed by atoms with Crippen LogP contribution in [0.1, 0.15) is 23.8 Å². The Kier molecular flexibility index (Phi) is 5.57. The van der Waals surface area contributed by atoms with Crippen molar-refractivity contribution in [3.63, 3.8) is 0 Å². The highest BCUT2D eigenvalue weighted by Crippen LogP contribution is 2.14. The maximum atomic E-state index is 12.0. The van der Waals surface area contributed by atoms with Gasteiger partial charge in [0, 0.05) is 12.7 Å². The van der Waals surface area contributed by atoms with Crippen LogP contribution in [-0.4, -0.2) is 40.7 Å². The van der Waals surface area contributed by atoms with E-state index in [2.05, 4.69) is 10.1 Å². The number of hydrogen-bond donors (Lipinski definition) is 2. The van der Waals surface area contributed by atoms with E-state index in [0.717, 1.165) is 7.11 Å². The van der Waals surface area contributed by atoms with Gasteiger partial charge < -0.3 is 19.7 Å². The standard InChI is InChI=1S/C12H15ClN2O5/c1-3-15-6-7(13)4-9(15)11(17)14-8(12(18)19)5-10(16)20-2/h4,6,8H,3,5H2,1-2H3,(H,14,17)(H,18,19)/t8-/m0/s1. The van der Waals surface area contributed by atoms with Crippen LogP contribution in [0.25, 0.3) is 0 Å². The van der Waals surface area contributed by atoms with Crippen molar-refractivity contribution < 1.29 is 24.2 Å². The lowest BCUT2D eigenvalue weighted by Gasteiger charge is -2.14. The first-order valence-electron chi connectivity index (χ1n) is 5.85. The zero-order valence-electron chi connectivity index (χ0n) is 11.1. The summed E-state index contributed by atoms with van der Waals surface area (Å²) in [6.45, 7) is 2.32. The predicted octanol–water partition coefficient (Wildman–Crippen LogP) is 0.907. The highest BCUT2D eigenvalue weighted by molar-refractivity contribution is 6.31. The fourth-order valence-corrected chi connectivity index (χ4v) is 1.83. The first-order chi connectivity index (χ1) is 9.38. The summed E-state index contributed by atoms with van der Waals surface area (Å²) in [5.41, 5.74) is 0.230. The van der Waals surface area contributed by atoms with Gasteiger partial charge in [-0.1, -0.05) is 11.6 Å². The summed E-state index contributed by atoms with van der Waals surface area (Å²) in [6.07, 6.45) is 1.12. The summed E-state index contributed by atoms with van der Waals surface area (Å²) in [4.78, 5) is 34.1. The number of amides is 1. The molecule has 0 spiro atoms. The van der Waals surface area contributed by atoms with Gasteiger partial charge in [0.25, 0.3) is 5.91 Å². The molecule has 1 heterocycles. The molecule has 20 heavy (non-hydrogen) atoms. The molecule has 1 amide bonds. The van der Waals surface area contributed by atoms with Crippen LogP contribution in [0.3, 0.4) is 0 Å². The van der Waals surface area contributed by atoms with Gasteiger partial charge in [-0.25, -0.2) is 4.79 Å². The number of carboxylic acid groups (broad SMARTS) is 1. The SMILES string of the molecule is CCn1cc(Cl)cc1C(=O)N[C@@H](CC(=O)OC)C(=O)O. The Hall–Kier alpha value is -2.02. The fourth-order valence-electron chi connectivity index (χ4n) is 1.61. The molecule has 0 saturated heterocycles. The van der Waals surface area contributed by atoms with E-state index in [1.807, 2.05) is 6.92 Å². The average Bonchev–Trinajstić information content (AvgIpc) is 2.78. The third-order valence-corrected chi connectivity index (χ3v) is 2.85. The van der Waals surface area contributed by atoms with Crippen molar-refractivity contribution in [3.05, 3.63) is 23.0 Å². The monoisotopic (exact) mass is 302 g/mol. The van der Waals surface area contributed by atoms with Crippen LogP contribution in [-0.2, 0) is 20.9 Å². The van der Waals surface area contributed by atoms with Gasteiger partial charge in [0.1, 0.15) is 11.7 Å². The number of nitrogens with one attached hydrogen (secondary N) is 1. The molecular weight excluding hydrogens is 288 g/mol. The average molecular weight is 303 g/mol. The number of aliphatic carboxylic acids is 1. The molecule has 0 aromatic carbocycles. The van der Waals surface area contributed by atoms with E-state index in [9.17, 15) is 14.4 Å². The summed E-state index contributed by atoms with van der Waals surface area (Å²) in [6, 6.07) is 0.0752. The summed E-state index contributed by atoms with van der Waals surface area (Å²) in [5.74, 6) is -2.65. The number of nitrogens with zero attached hydrogens (tertiary/aromatic N) is 1. The van der Waals surface area contributed by atoms with E-state index in [-0.39, 0.29) is 5.69 Å². The Morgan fingerprint density at radius 2 is 2.15 bits per heavy atom. The van der Waals surface area contributed by atoms with Gasteiger partial charge in [-0.2, -0.15) is 0 Å². The zero-order chi connectivity index (χ0) is 15.3. The predicted molar refractivity (Wildman–Crippen MR) is 70.6 cm³/mol. The molecule has 0 aliphatic heterocycles. The minimum absolute atomic E-state index is 0.230. The smallest absolute Gasteiger partial charge is 0.326 e. The number of carbonyl (C=O) groups is 3. The van der Waals surface area contributed by atoms with Crippen LogP contribution < -0.4 is 5.32 Å². The maximum Gasteiger partial charge on any atom is 0.326 e. The van der Waals surface area contributed by atoms with Crippen LogP contribution in [0.5, 0.6) is 0 Å².